The van der Waals surface area contributed by atoms with Gasteiger partial charge in [0.2, 0.25) is 5.78 Å². The molecule has 3 rings (SSSR count). The highest BCUT2D eigenvalue weighted by Crippen LogP contribution is 2.41. The van der Waals surface area contributed by atoms with Gasteiger partial charge in [0.25, 0.3) is 0 Å². The number of rotatable bonds is 3. The summed E-state index contributed by atoms with van der Waals surface area (Å²) in [5, 5.41) is 0.578. The van der Waals surface area contributed by atoms with Crippen LogP contribution in [-0.2, 0) is 19.4 Å². The summed E-state index contributed by atoms with van der Waals surface area (Å²) in [5.74, 6) is 0.314. The van der Waals surface area contributed by atoms with Crippen molar-refractivity contribution < 1.29 is 17.9 Å². The summed E-state index contributed by atoms with van der Waals surface area (Å²) < 4.78 is 29.2. The van der Waals surface area contributed by atoms with E-state index in [1.165, 1.54) is 12.1 Å². The molecule has 0 amide bonds. The van der Waals surface area contributed by atoms with Crippen LogP contribution in [0.15, 0.2) is 53.4 Å². The lowest BCUT2D eigenvalue weighted by molar-refractivity contribution is -0.125. The van der Waals surface area contributed by atoms with E-state index >= 15 is 0 Å². The van der Waals surface area contributed by atoms with Crippen molar-refractivity contribution in [2.45, 2.75) is 24.3 Å². The van der Waals surface area contributed by atoms with Gasteiger partial charge in [-0.3, -0.25) is 4.79 Å². The highest BCUT2D eigenvalue weighted by Gasteiger charge is 2.42. The molecule has 0 aliphatic carbocycles. The molecule has 0 radical (unpaired) electrons. The Morgan fingerprint density at radius 2 is 1.44 bits per heavy atom. The Morgan fingerprint density at radius 3 is 1.96 bits per heavy atom. The SMILES string of the molecule is CC1(C)OC(c2ccc(S(C)(=O)=O)cc2)=C(c2ccc(Cl)cc2)C1=O. The summed E-state index contributed by atoms with van der Waals surface area (Å²) in [4.78, 5) is 13.0. The van der Waals surface area contributed by atoms with Crippen LogP contribution in [0.3, 0.4) is 0 Å². The number of ketones is 1. The maximum atomic E-state index is 12.8. The molecular weight excluding hydrogens is 360 g/mol. The Bertz CT molecular complexity index is 969. The van der Waals surface area contributed by atoms with Crippen molar-refractivity contribution in [1.82, 2.24) is 0 Å². The van der Waals surface area contributed by atoms with Crippen molar-refractivity contribution in [3.05, 3.63) is 64.7 Å². The number of Topliss-reactive ketones (excluding diaryl/α,β-unsaturated/α-hetero) is 1. The van der Waals surface area contributed by atoms with E-state index in [4.69, 9.17) is 16.3 Å². The highest BCUT2D eigenvalue weighted by molar-refractivity contribution is 7.90. The molecule has 6 heteroatoms. The van der Waals surface area contributed by atoms with Crippen LogP contribution in [0.5, 0.6) is 0 Å². The quantitative estimate of drug-likeness (QED) is 0.812. The van der Waals surface area contributed by atoms with E-state index in [1.54, 1.807) is 50.2 Å². The van der Waals surface area contributed by atoms with E-state index in [0.717, 1.165) is 6.26 Å². The van der Waals surface area contributed by atoms with Gasteiger partial charge in [0, 0.05) is 16.8 Å². The molecule has 2 aromatic rings. The lowest BCUT2D eigenvalue weighted by atomic mass is 9.93. The molecule has 0 aromatic heterocycles. The molecule has 0 unspecified atom stereocenters. The molecule has 0 atom stereocenters. The fraction of sp³-hybridized carbons (Fsp3) is 0.211. The van der Waals surface area contributed by atoms with Gasteiger partial charge >= 0.3 is 0 Å². The number of benzene rings is 2. The van der Waals surface area contributed by atoms with Crippen LogP contribution < -0.4 is 0 Å². The highest BCUT2D eigenvalue weighted by atomic mass is 35.5. The van der Waals surface area contributed by atoms with Crippen LogP contribution in [-0.4, -0.2) is 26.1 Å². The molecule has 0 fully saturated rings. The standard InChI is InChI=1S/C19H17ClO4S/c1-19(2)18(21)16(12-4-8-14(20)9-5-12)17(24-19)13-6-10-15(11-7-13)25(3,22)23/h4-11H,1-3H3. The number of hydrogen-bond donors (Lipinski definition) is 0. The second-order valence-electron chi connectivity index (χ2n) is 6.45. The van der Waals surface area contributed by atoms with Gasteiger partial charge in [-0.1, -0.05) is 23.7 Å². The third-order valence-electron chi connectivity index (χ3n) is 4.04. The van der Waals surface area contributed by atoms with Crippen LogP contribution in [0.1, 0.15) is 25.0 Å². The minimum absolute atomic E-state index is 0.128. The van der Waals surface area contributed by atoms with Crippen LogP contribution in [0.4, 0.5) is 0 Å². The molecule has 130 valence electrons. The maximum Gasteiger partial charge on any atom is 0.210 e. The van der Waals surface area contributed by atoms with Crippen molar-refractivity contribution in [2.75, 3.05) is 6.26 Å². The Hall–Kier alpha value is -2.11. The van der Waals surface area contributed by atoms with E-state index in [2.05, 4.69) is 0 Å². The third kappa shape index (κ3) is 3.34. The third-order valence-corrected chi connectivity index (χ3v) is 5.42. The lowest BCUT2D eigenvalue weighted by Gasteiger charge is -2.17. The molecule has 2 aromatic carbocycles. The first-order valence-electron chi connectivity index (χ1n) is 7.64. The summed E-state index contributed by atoms with van der Waals surface area (Å²) >= 11 is 5.94. The van der Waals surface area contributed by atoms with Crippen LogP contribution in [0.2, 0.25) is 5.02 Å². The van der Waals surface area contributed by atoms with Gasteiger partial charge in [-0.2, -0.15) is 0 Å². The largest absolute Gasteiger partial charge is 0.478 e. The fourth-order valence-electron chi connectivity index (χ4n) is 2.69. The zero-order chi connectivity index (χ0) is 18.4. The van der Waals surface area contributed by atoms with Gasteiger partial charge in [0.15, 0.2) is 15.4 Å². The van der Waals surface area contributed by atoms with E-state index in [0.29, 0.717) is 27.5 Å². The van der Waals surface area contributed by atoms with Crippen molar-refractivity contribution in [1.29, 1.82) is 0 Å². The summed E-state index contributed by atoms with van der Waals surface area (Å²) in [6.07, 6.45) is 1.15. The average Bonchev–Trinajstić information content (AvgIpc) is 2.78. The van der Waals surface area contributed by atoms with Crippen LogP contribution >= 0.6 is 11.6 Å². The Kier molecular flexibility index (Phi) is 4.25. The van der Waals surface area contributed by atoms with Crippen molar-refractivity contribution in [3.63, 3.8) is 0 Å². The topological polar surface area (TPSA) is 60.4 Å². The van der Waals surface area contributed by atoms with Crippen LogP contribution in [0.25, 0.3) is 11.3 Å². The van der Waals surface area contributed by atoms with Gasteiger partial charge in [-0.15, -0.1) is 0 Å². The average molecular weight is 377 g/mol. The second kappa shape index (κ2) is 6.00. The smallest absolute Gasteiger partial charge is 0.210 e. The molecular formula is C19H17ClO4S. The number of halogens is 1. The molecule has 0 bridgehead atoms. The first-order valence-corrected chi connectivity index (χ1v) is 9.91. The Balaban J connectivity index is 2.15. The monoisotopic (exact) mass is 376 g/mol. The van der Waals surface area contributed by atoms with E-state index in [9.17, 15) is 13.2 Å². The predicted octanol–water partition coefficient (Wildman–Crippen LogP) is 3.99. The number of ether oxygens (including phenoxy) is 1. The summed E-state index contributed by atoms with van der Waals surface area (Å²) in [7, 11) is -3.29. The number of hydrogen-bond acceptors (Lipinski definition) is 4. The Labute approximate surface area is 152 Å². The molecule has 0 N–H and O–H groups in total. The molecule has 0 saturated carbocycles. The first-order chi connectivity index (χ1) is 11.6. The fourth-order valence-corrected chi connectivity index (χ4v) is 3.45. The van der Waals surface area contributed by atoms with Gasteiger partial charge in [-0.25, -0.2) is 8.42 Å². The summed E-state index contributed by atoms with van der Waals surface area (Å²) in [6, 6.07) is 13.3. The van der Waals surface area contributed by atoms with E-state index < -0.39 is 15.4 Å². The zero-order valence-electron chi connectivity index (χ0n) is 14.0. The summed E-state index contributed by atoms with van der Waals surface area (Å²) in [6.45, 7) is 3.42. The minimum atomic E-state index is -3.29. The molecule has 0 spiro atoms. The molecule has 0 saturated heterocycles. The van der Waals surface area contributed by atoms with E-state index in [-0.39, 0.29) is 10.7 Å². The molecule has 4 nitrogen and oxygen atoms in total. The second-order valence-corrected chi connectivity index (χ2v) is 8.90. The lowest BCUT2D eigenvalue weighted by Crippen LogP contribution is -2.29. The number of sulfone groups is 1. The van der Waals surface area contributed by atoms with Gasteiger partial charge in [0.05, 0.1) is 10.5 Å². The normalized spacial score (nSPS) is 16.9. The zero-order valence-corrected chi connectivity index (χ0v) is 15.6. The predicted molar refractivity (Wildman–Crippen MR) is 98.0 cm³/mol. The molecule has 1 heterocycles. The maximum absolute atomic E-state index is 12.8. The molecule has 1 aliphatic rings. The van der Waals surface area contributed by atoms with Gasteiger partial charge < -0.3 is 4.74 Å². The number of carbonyl (C=O) groups is 1. The van der Waals surface area contributed by atoms with Crippen molar-refractivity contribution in [2.24, 2.45) is 0 Å². The molecule has 25 heavy (non-hydrogen) atoms. The van der Waals surface area contributed by atoms with Crippen LogP contribution in [0, 0.1) is 0 Å². The summed E-state index contributed by atoms with van der Waals surface area (Å²) in [5.41, 5.74) is 0.840. The molecule has 1 aliphatic heterocycles. The van der Waals surface area contributed by atoms with Gasteiger partial charge in [-0.05, 0) is 55.8 Å². The van der Waals surface area contributed by atoms with Crippen molar-refractivity contribution in [3.8, 4) is 0 Å². The Morgan fingerprint density at radius 1 is 0.920 bits per heavy atom. The minimum Gasteiger partial charge on any atom is -0.478 e. The van der Waals surface area contributed by atoms with Crippen molar-refractivity contribution >= 4 is 38.6 Å². The number of carbonyl (C=O) groups excluding carboxylic acids is 1. The van der Waals surface area contributed by atoms with E-state index in [1.807, 2.05) is 0 Å². The van der Waals surface area contributed by atoms with Gasteiger partial charge in [0.1, 0.15) is 5.76 Å². The first kappa shape index (κ1) is 17.7.